The van der Waals surface area contributed by atoms with Crippen LogP contribution in [-0.4, -0.2) is 41.9 Å². The summed E-state index contributed by atoms with van der Waals surface area (Å²) in [6.45, 7) is 1.54. The number of para-hydroxylation sites is 2. The Kier molecular flexibility index (Phi) is 4.97. The van der Waals surface area contributed by atoms with Crippen LogP contribution in [0.3, 0.4) is 0 Å². The highest BCUT2D eigenvalue weighted by atomic mass is 19.1. The van der Waals surface area contributed by atoms with Crippen LogP contribution < -0.4 is 15.0 Å². The van der Waals surface area contributed by atoms with Crippen molar-refractivity contribution in [2.24, 2.45) is 0 Å². The highest BCUT2D eigenvalue weighted by Gasteiger charge is 2.26. The second-order valence-electron chi connectivity index (χ2n) is 6.70. The molecule has 2 aromatic carbocycles. The maximum Gasteiger partial charge on any atom is 0.272 e. The van der Waals surface area contributed by atoms with E-state index < -0.39 is 0 Å². The molecule has 6 nitrogen and oxygen atoms in total. The summed E-state index contributed by atoms with van der Waals surface area (Å²) in [5, 5.41) is 7.31. The number of benzene rings is 2. The first-order valence-corrected chi connectivity index (χ1v) is 9.14. The average molecular weight is 380 g/mol. The summed E-state index contributed by atoms with van der Waals surface area (Å²) >= 11 is 0. The number of carbonyl (C=O) groups excluding carboxylic acids is 1. The Labute approximate surface area is 162 Å². The van der Waals surface area contributed by atoms with Gasteiger partial charge in [-0.2, -0.15) is 5.10 Å². The molecule has 3 aromatic rings. The molecule has 144 valence electrons. The van der Waals surface area contributed by atoms with Crippen molar-refractivity contribution >= 4 is 11.6 Å². The summed E-state index contributed by atoms with van der Waals surface area (Å²) in [6, 6.07) is 15.6. The Balaban J connectivity index is 1.41. The van der Waals surface area contributed by atoms with Gasteiger partial charge >= 0.3 is 0 Å². The van der Waals surface area contributed by atoms with Crippen molar-refractivity contribution in [2.45, 2.75) is 12.5 Å². The van der Waals surface area contributed by atoms with Crippen LogP contribution in [0.1, 0.15) is 16.9 Å². The summed E-state index contributed by atoms with van der Waals surface area (Å²) in [4.78, 5) is 14.8. The topological polar surface area (TPSA) is 59.4 Å². The second kappa shape index (κ2) is 7.72. The Morgan fingerprint density at radius 1 is 1.21 bits per heavy atom. The molecule has 1 aromatic heterocycles. The monoisotopic (exact) mass is 380 g/mol. The summed E-state index contributed by atoms with van der Waals surface area (Å²) in [5.41, 5.74) is 1.90. The number of amides is 1. The third kappa shape index (κ3) is 3.69. The predicted octanol–water partition coefficient (Wildman–Crippen LogP) is 3.03. The van der Waals surface area contributed by atoms with Crippen LogP contribution in [0.25, 0.3) is 5.69 Å². The molecule has 0 bridgehead atoms. The first kappa shape index (κ1) is 18.0. The third-order valence-corrected chi connectivity index (χ3v) is 4.84. The number of halogens is 1. The minimum Gasteiger partial charge on any atom is -0.495 e. The van der Waals surface area contributed by atoms with E-state index >= 15 is 0 Å². The fraction of sp³-hybridized carbons (Fsp3) is 0.238. The predicted molar refractivity (Wildman–Crippen MR) is 105 cm³/mol. The number of rotatable bonds is 5. The molecule has 0 spiro atoms. The summed E-state index contributed by atoms with van der Waals surface area (Å²) in [5.74, 6) is 0.242. The average Bonchev–Trinajstić information content (AvgIpc) is 3.38. The van der Waals surface area contributed by atoms with Crippen LogP contribution >= 0.6 is 0 Å². The molecule has 1 aliphatic heterocycles. The van der Waals surface area contributed by atoms with Gasteiger partial charge in [-0.3, -0.25) is 4.79 Å². The minimum absolute atomic E-state index is 0.0248. The first-order chi connectivity index (χ1) is 13.6. The van der Waals surface area contributed by atoms with Gasteiger partial charge < -0.3 is 15.0 Å². The largest absolute Gasteiger partial charge is 0.495 e. The second-order valence-corrected chi connectivity index (χ2v) is 6.70. The molecule has 0 aliphatic carbocycles. The Morgan fingerprint density at radius 3 is 2.89 bits per heavy atom. The number of carbonyl (C=O) groups is 1. The van der Waals surface area contributed by atoms with Crippen LogP contribution in [0.4, 0.5) is 10.1 Å². The fourth-order valence-electron chi connectivity index (χ4n) is 3.45. The molecule has 1 atom stereocenters. The van der Waals surface area contributed by atoms with Crippen molar-refractivity contribution in [2.75, 3.05) is 25.1 Å². The molecule has 1 saturated heterocycles. The zero-order chi connectivity index (χ0) is 19.5. The molecule has 0 radical (unpaired) electrons. The molecule has 1 amide bonds. The molecule has 2 heterocycles. The van der Waals surface area contributed by atoms with Gasteiger partial charge in [0, 0.05) is 25.3 Å². The highest BCUT2D eigenvalue weighted by Crippen LogP contribution is 2.30. The van der Waals surface area contributed by atoms with Crippen LogP contribution in [0.15, 0.2) is 60.8 Å². The molecular formula is C21H21FN4O2. The SMILES string of the molecule is COc1ccccc1N1CCC(NC(=O)c2ccn(-c3cccc(F)c3)n2)C1. The number of anilines is 1. The van der Waals surface area contributed by atoms with Crippen LogP contribution in [0.5, 0.6) is 5.75 Å². The molecule has 1 fully saturated rings. The highest BCUT2D eigenvalue weighted by molar-refractivity contribution is 5.92. The van der Waals surface area contributed by atoms with E-state index in [0.717, 1.165) is 24.4 Å². The van der Waals surface area contributed by atoms with Gasteiger partial charge in [-0.25, -0.2) is 9.07 Å². The lowest BCUT2D eigenvalue weighted by Gasteiger charge is -2.21. The molecule has 1 aliphatic rings. The van der Waals surface area contributed by atoms with E-state index in [-0.39, 0.29) is 17.8 Å². The van der Waals surface area contributed by atoms with Crippen molar-refractivity contribution in [3.63, 3.8) is 0 Å². The Hall–Kier alpha value is -3.35. The van der Waals surface area contributed by atoms with Crippen molar-refractivity contribution in [1.29, 1.82) is 0 Å². The molecule has 1 unspecified atom stereocenters. The summed E-state index contributed by atoms with van der Waals surface area (Å²) in [6.07, 6.45) is 2.49. The van der Waals surface area contributed by atoms with E-state index in [9.17, 15) is 9.18 Å². The standard InChI is InChI=1S/C21H21FN4O2/c1-28-20-8-3-2-7-19(20)25-11-9-16(14-25)23-21(27)18-10-12-26(24-18)17-6-4-5-15(22)13-17/h2-8,10,12-13,16H,9,11,14H2,1H3,(H,23,27). The summed E-state index contributed by atoms with van der Waals surface area (Å²) in [7, 11) is 1.66. The van der Waals surface area contributed by atoms with E-state index in [1.165, 1.54) is 16.8 Å². The first-order valence-electron chi connectivity index (χ1n) is 9.14. The molecule has 1 N–H and O–H groups in total. The van der Waals surface area contributed by atoms with Crippen LogP contribution in [-0.2, 0) is 0 Å². The summed E-state index contributed by atoms with van der Waals surface area (Å²) < 4.78 is 20.3. The number of methoxy groups -OCH3 is 1. The smallest absolute Gasteiger partial charge is 0.272 e. The number of hydrogen-bond acceptors (Lipinski definition) is 4. The van der Waals surface area contributed by atoms with Crippen molar-refractivity contribution < 1.29 is 13.9 Å². The normalized spacial score (nSPS) is 16.2. The molecule has 7 heteroatoms. The Bertz CT molecular complexity index is 988. The third-order valence-electron chi connectivity index (χ3n) is 4.84. The van der Waals surface area contributed by atoms with Gasteiger partial charge in [-0.15, -0.1) is 0 Å². The zero-order valence-electron chi connectivity index (χ0n) is 15.5. The van der Waals surface area contributed by atoms with E-state index in [1.807, 2.05) is 24.3 Å². The number of nitrogens with one attached hydrogen (secondary N) is 1. The number of nitrogens with zero attached hydrogens (tertiary/aromatic N) is 3. The van der Waals surface area contributed by atoms with Gasteiger partial charge in [0.25, 0.3) is 5.91 Å². The lowest BCUT2D eigenvalue weighted by molar-refractivity contribution is 0.0935. The Morgan fingerprint density at radius 2 is 2.07 bits per heavy atom. The maximum absolute atomic E-state index is 13.4. The van der Waals surface area contributed by atoms with Gasteiger partial charge in [-0.1, -0.05) is 18.2 Å². The van der Waals surface area contributed by atoms with E-state index in [4.69, 9.17) is 4.74 Å². The lowest BCUT2D eigenvalue weighted by Crippen LogP contribution is -2.37. The molecular weight excluding hydrogens is 359 g/mol. The van der Waals surface area contributed by atoms with Gasteiger partial charge in [0.05, 0.1) is 18.5 Å². The number of aromatic nitrogens is 2. The molecule has 0 saturated carbocycles. The van der Waals surface area contributed by atoms with Gasteiger partial charge in [0.2, 0.25) is 0 Å². The minimum atomic E-state index is -0.346. The van der Waals surface area contributed by atoms with Crippen molar-refractivity contribution in [3.8, 4) is 11.4 Å². The van der Waals surface area contributed by atoms with Crippen molar-refractivity contribution in [3.05, 3.63) is 72.3 Å². The van der Waals surface area contributed by atoms with Gasteiger partial charge in [0.1, 0.15) is 11.6 Å². The van der Waals surface area contributed by atoms with Gasteiger partial charge in [0.15, 0.2) is 5.69 Å². The molecule has 28 heavy (non-hydrogen) atoms. The van der Waals surface area contributed by atoms with Crippen molar-refractivity contribution in [1.82, 2.24) is 15.1 Å². The number of hydrogen-bond donors (Lipinski definition) is 1. The quantitative estimate of drug-likeness (QED) is 0.739. The zero-order valence-corrected chi connectivity index (χ0v) is 15.5. The van der Waals surface area contributed by atoms with E-state index in [0.29, 0.717) is 17.9 Å². The van der Waals surface area contributed by atoms with Gasteiger partial charge in [-0.05, 0) is 42.8 Å². The van der Waals surface area contributed by atoms with Crippen LogP contribution in [0.2, 0.25) is 0 Å². The van der Waals surface area contributed by atoms with E-state index in [2.05, 4.69) is 15.3 Å². The lowest BCUT2D eigenvalue weighted by atomic mass is 10.2. The molecule has 4 rings (SSSR count). The van der Waals surface area contributed by atoms with Crippen LogP contribution in [0, 0.1) is 5.82 Å². The number of ether oxygens (including phenoxy) is 1. The van der Waals surface area contributed by atoms with E-state index in [1.54, 1.807) is 31.5 Å². The fourth-order valence-corrected chi connectivity index (χ4v) is 3.45. The maximum atomic E-state index is 13.4.